The van der Waals surface area contributed by atoms with E-state index in [1.54, 1.807) is 13.1 Å². The lowest BCUT2D eigenvalue weighted by Crippen LogP contribution is -2.46. The number of benzene rings is 1. The van der Waals surface area contributed by atoms with Crippen molar-refractivity contribution in [2.75, 3.05) is 38.5 Å². The number of nitrogens with zero attached hydrogens (tertiary/aromatic N) is 4. The van der Waals surface area contributed by atoms with Gasteiger partial charge in [-0.1, -0.05) is 5.16 Å². The zero-order valence-electron chi connectivity index (χ0n) is 20.1. The fraction of sp³-hybridized carbons (Fsp3) is 0.500. The van der Waals surface area contributed by atoms with Gasteiger partial charge in [0.05, 0.1) is 5.71 Å². The molecule has 0 spiro atoms. The highest BCUT2D eigenvalue weighted by molar-refractivity contribution is 6.02. The smallest absolute Gasteiger partial charge is 0.225 e. The Morgan fingerprint density at radius 1 is 1.09 bits per heavy atom. The van der Waals surface area contributed by atoms with Gasteiger partial charge >= 0.3 is 0 Å². The third kappa shape index (κ3) is 6.33. The van der Waals surface area contributed by atoms with Crippen molar-refractivity contribution >= 4 is 17.4 Å². The molecule has 0 radical (unpaired) electrons. The van der Waals surface area contributed by atoms with Gasteiger partial charge in [-0.05, 0) is 75.5 Å². The number of likely N-dealkylation sites (tertiary alicyclic amines) is 2. The van der Waals surface area contributed by atoms with Crippen molar-refractivity contribution in [3.63, 3.8) is 0 Å². The Hall–Kier alpha value is -3.07. The number of rotatable bonds is 7. The molecule has 0 atom stereocenters. The van der Waals surface area contributed by atoms with Gasteiger partial charge in [-0.25, -0.2) is 13.8 Å². The van der Waals surface area contributed by atoms with Gasteiger partial charge in [0.1, 0.15) is 24.1 Å². The van der Waals surface area contributed by atoms with E-state index in [-0.39, 0.29) is 23.3 Å². The number of piperidine rings is 2. The Labute approximate surface area is 204 Å². The Kier molecular flexibility index (Phi) is 8.28. The SMILES string of the molecule is CCO/N=C(/c1ccc(F)cc1F)C1CCN(C(=O)C2CCN(Cc3ccnc(N)c3)CC2)CC1. The van der Waals surface area contributed by atoms with E-state index in [1.807, 2.05) is 17.0 Å². The average Bonchev–Trinajstić information content (AvgIpc) is 2.86. The third-order valence-electron chi connectivity index (χ3n) is 6.88. The van der Waals surface area contributed by atoms with Gasteiger partial charge < -0.3 is 15.5 Å². The zero-order chi connectivity index (χ0) is 24.8. The number of carbonyl (C=O) groups excluding carboxylic acids is 1. The molecule has 2 N–H and O–H groups in total. The lowest BCUT2D eigenvalue weighted by molar-refractivity contribution is -0.138. The minimum atomic E-state index is -0.650. The largest absolute Gasteiger partial charge is 0.396 e. The first-order valence-corrected chi connectivity index (χ1v) is 12.3. The Bertz CT molecular complexity index is 1050. The van der Waals surface area contributed by atoms with E-state index < -0.39 is 11.6 Å². The molecule has 35 heavy (non-hydrogen) atoms. The number of amides is 1. The van der Waals surface area contributed by atoms with E-state index in [1.165, 1.54) is 12.1 Å². The van der Waals surface area contributed by atoms with Crippen molar-refractivity contribution in [1.29, 1.82) is 0 Å². The molecule has 188 valence electrons. The molecule has 2 saturated heterocycles. The minimum absolute atomic E-state index is 0.0245. The van der Waals surface area contributed by atoms with E-state index in [0.29, 0.717) is 44.1 Å². The van der Waals surface area contributed by atoms with Crippen LogP contribution in [0, 0.1) is 23.5 Å². The van der Waals surface area contributed by atoms with Gasteiger partial charge in [-0.15, -0.1) is 0 Å². The molecule has 1 aromatic heterocycles. The summed E-state index contributed by atoms with van der Waals surface area (Å²) in [5.74, 6) is -0.585. The van der Waals surface area contributed by atoms with Crippen molar-refractivity contribution in [2.45, 2.75) is 39.2 Å². The first-order chi connectivity index (χ1) is 16.9. The van der Waals surface area contributed by atoms with Gasteiger partial charge in [-0.2, -0.15) is 0 Å². The molecular weight excluding hydrogens is 452 g/mol. The number of oxime groups is 1. The second-order valence-electron chi connectivity index (χ2n) is 9.26. The lowest BCUT2D eigenvalue weighted by atomic mass is 9.86. The summed E-state index contributed by atoms with van der Waals surface area (Å²) in [6, 6.07) is 7.37. The van der Waals surface area contributed by atoms with Crippen LogP contribution in [-0.4, -0.2) is 59.2 Å². The van der Waals surface area contributed by atoms with E-state index in [9.17, 15) is 13.6 Å². The summed E-state index contributed by atoms with van der Waals surface area (Å²) in [4.78, 5) is 26.8. The minimum Gasteiger partial charge on any atom is -0.396 e. The first-order valence-electron chi connectivity index (χ1n) is 12.3. The fourth-order valence-electron chi connectivity index (χ4n) is 5.00. The molecule has 4 rings (SSSR count). The topological polar surface area (TPSA) is 84.0 Å². The van der Waals surface area contributed by atoms with Crippen LogP contribution in [0.1, 0.15) is 43.7 Å². The van der Waals surface area contributed by atoms with Gasteiger partial charge in [-0.3, -0.25) is 9.69 Å². The van der Waals surface area contributed by atoms with E-state index in [2.05, 4.69) is 15.0 Å². The summed E-state index contributed by atoms with van der Waals surface area (Å²) >= 11 is 0. The summed E-state index contributed by atoms with van der Waals surface area (Å²) in [6.07, 6.45) is 4.71. The lowest BCUT2D eigenvalue weighted by Gasteiger charge is -2.37. The molecule has 2 aliphatic rings. The summed E-state index contributed by atoms with van der Waals surface area (Å²) in [5.41, 5.74) is 7.65. The summed E-state index contributed by atoms with van der Waals surface area (Å²) in [7, 11) is 0. The molecule has 2 aromatic rings. The highest BCUT2D eigenvalue weighted by Crippen LogP contribution is 2.28. The number of hydrogen-bond donors (Lipinski definition) is 1. The summed E-state index contributed by atoms with van der Waals surface area (Å²) < 4.78 is 27.9. The molecule has 9 heteroatoms. The second-order valence-corrected chi connectivity index (χ2v) is 9.26. The van der Waals surface area contributed by atoms with Crippen LogP contribution in [0.2, 0.25) is 0 Å². The first kappa shape index (κ1) is 25.0. The van der Waals surface area contributed by atoms with Crippen LogP contribution in [0.3, 0.4) is 0 Å². The molecule has 0 aliphatic carbocycles. The monoisotopic (exact) mass is 485 g/mol. The quantitative estimate of drug-likeness (QED) is 0.476. The summed E-state index contributed by atoms with van der Waals surface area (Å²) in [5, 5.41) is 4.17. The van der Waals surface area contributed by atoms with Gasteiger partial charge in [0.15, 0.2) is 0 Å². The van der Waals surface area contributed by atoms with E-state index in [4.69, 9.17) is 10.6 Å². The van der Waals surface area contributed by atoms with Crippen molar-refractivity contribution in [3.8, 4) is 0 Å². The van der Waals surface area contributed by atoms with E-state index in [0.717, 1.165) is 44.1 Å². The molecule has 0 unspecified atom stereocenters. The molecular formula is C26H33F2N5O2. The summed E-state index contributed by atoms with van der Waals surface area (Å²) in [6.45, 7) is 5.88. The number of nitrogen functional groups attached to an aromatic ring is 1. The average molecular weight is 486 g/mol. The van der Waals surface area contributed by atoms with Crippen LogP contribution < -0.4 is 5.73 Å². The van der Waals surface area contributed by atoms with Gasteiger partial charge in [0, 0.05) is 49.3 Å². The van der Waals surface area contributed by atoms with Crippen LogP contribution in [0.5, 0.6) is 0 Å². The predicted molar refractivity (Wildman–Crippen MR) is 130 cm³/mol. The van der Waals surface area contributed by atoms with Crippen molar-refractivity contribution in [1.82, 2.24) is 14.8 Å². The van der Waals surface area contributed by atoms with Crippen LogP contribution >= 0.6 is 0 Å². The standard InChI is InChI=1S/C26H33F2N5O2/c1-2-35-31-25(22-4-3-21(27)16-23(22)28)19-8-13-33(14-9-19)26(34)20-6-11-32(12-7-20)17-18-5-10-30-24(29)15-18/h3-5,10,15-16,19-20H,2,6-9,11-14,17H2,1H3,(H2,29,30)/b31-25+. The zero-order valence-corrected chi connectivity index (χ0v) is 20.1. The van der Waals surface area contributed by atoms with Crippen LogP contribution in [-0.2, 0) is 16.2 Å². The van der Waals surface area contributed by atoms with Crippen LogP contribution in [0.25, 0.3) is 0 Å². The maximum atomic E-state index is 14.5. The molecule has 2 fully saturated rings. The van der Waals surface area contributed by atoms with Crippen LogP contribution in [0.4, 0.5) is 14.6 Å². The molecule has 0 bridgehead atoms. The Morgan fingerprint density at radius 3 is 2.46 bits per heavy atom. The normalized spacial score (nSPS) is 18.6. The Balaban J connectivity index is 1.31. The van der Waals surface area contributed by atoms with Crippen molar-refractivity contribution in [2.24, 2.45) is 17.0 Å². The number of pyridine rings is 1. The fourth-order valence-corrected chi connectivity index (χ4v) is 5.00. The molecule has 7 nitrogen and oxygen atoms in total. The molecule has 1 aromatic carbocycles. The molecule has 0 saturated carbocycles. The van der Waals surface area contributed by atoms with E-state index >= 15 is 0 Å². The third-order valence-corrected chi connectivity index (χ3v) is 6.88. The number of carbonyl (C=O) groups is 1. The van der Waals surface area contributed by atoms with Gasteiger partial charge in [0.2, 0.25) is 5.91 Å². The highest BCUT2D eigenvalue weighted by Gasteiger charge is 2.33. The number of hydrogen-bond acceptors (Lipinski definition) is 6. The molecule has 2 aliphatic heterocycles. The maximum Gasteiger partial charge on any atom is 0.225 e. The molecule has 1 amide bonds. The Morgan fingerprint density at radius 2 is 1.80 bits per heavy atom. The number of halogens is 2. The number of nitrogens with two attached hydrogens (primary N) is 1. The maximum absolute atomic E-state index is 14.5. The second kappa shape index (κ2) is 11.6. The molecule has 3 heterocycles. The highest BCUT2D eigenvalue weighted by atomic mass is 19.1. The van der Waals surface area contributed by atoms with Gasteiger partial charge in [0.25, 0.3) is 0 Å². The predicted octanol–water partition coefficient (Wildman–Crippen LogP) is 3.83. The van der Waals surface area contributed by atoms with Crippen molar-refractivity contribution < 1.29 is 18.4 Å². The van der Waals surface area contributed by atoms with Crippen molar-refractivity contribution in [3.05, 3.63) is 59.3 Å². The number of aromatic nitrogens is 1. The number of anilines is 1. The van der Waals surface area contributed by atoms with Crippen LogP contribution in [0.15, 0.2) is 41.7 Å².